The molecule has 4 rings (SSSR count). The van der Waals surface area contributed by atoms with Crippen molar-refractivity contribution in [3.63, 3.8) is 0 Å². The van der Waals surface area contributed by atoms with E-state index in [-0.39, 0.29) is 24.4 Å². The molecule has 0 aliphatic carbocycles. The number of hydrogen-bond donors (Lipinski definition) is 3. The molecule has 0 spiro atoms. The predicted octanol–water partition coefficient (Wildman–Crippen LogP) is 1.68. The number of aromatic nitrogens is 4. The second kappa shape index (κ2) is 9.19. The standard InChI is InChI=1S/C21H23F2N7O/c22-20(23)15(13-24)12-19-27-28-21(31)30(19)18-6-2-5-17(26-18)14-3-1-4-16(11-14)29-9-7-25-8-10-29/h1-6,11,25H,7-10,12-13,24H2,(H,28,31). The van der Waals surface area contributed by atoms with E-state index in [4.69, 9.17) is 5.73 Å². The summed E-state index contributed by atoms with van der Waals surface area (Å²) in [4.78, 5) is 19.3. The summed E-state index contributed by atoms with van der Waals surface area (Å²) in [5.41, 5.74) is 7.24. The van der Waals surface area contributed by atoms with Crippen molar-refractivity contribution < 1.29 is 8.78 Å². The molecule has 4 N–H and O–H groups in total. The molecule has 162 valence electrons. The van der Waals surface area contributed by atoms with Gasteiger partial charge in [-0.05, 0) is 24.3 Å². The number of halogens is 2. The number of nitrogens with zero attached hydrogens (tertiary/aromatic N) is 4. The van der Waals surface area contributed by atoms with Crippen LogP contribution in [0.1, 0.15) is 5.82 Å². The third-order valence-corrected chi connectivity index (χ3v) is 5.21. The lowest BCUT2D eigenvalue weighted by Crippen LogP contribution is -2.43. The highest BCUT2D eigenvalue weighted by atomic mass is 19.3. The van der Waals surface area contributed by atoms with Crippen LogP contribution in [0.15, 0.2) is 58.9 Å². The third kappa shape index (κ3) is 4.54. The molecule has 0 atom stereocenters. The molecule has 0 unspecified atom stereocenters. The summed E-state index contributed by atoms with van der Waals surface area (Å²) >= 11 is 0. The van der Waals surface area contributed by atoms with E-state index in [2.05, 4.69) is 37.5 Å². The highest BCUT2D eigenvalue weighted by Gasteiger charge is 2.17. The number of nitrogens with two attached hydrogens (primary N) is 1. The van der Waals surface area contributed by atoms with Crippen molar-refractivity contribution >= 4 is 5.69 Å². The molecule has 3 aromatic rings. The quantitative estimate of drug-likeness (QED) is 0.553. The van der Waals surface area contributed by atoms with E-state index >= 15 is 0 Å². The van der Waals surface area contributed by atoms with E-state index in [1.165, 1.54) is 4.57 Å². The second-order valence-electron chi connectivity index (χ2n) is 7.19. The van der Waals surface area contributed by atoms with Gasteiger partial charge >= 0.3 is 5.69 Å². The van der Waals surface area contributed by atoms with Crippen LogP contribution in [0, 0.1) is 0 Å². The number of anilines is 1. The van der Waals surface area contributed by atoms with Crippen LogP contribution >= 0.6 is 0 Å². The first-order chi connectivity index (χ1) is 15.1. The molecule has 3 heterocycles. The Morgan fingerprint density at radius 3 is 2.65 bits per heavy atom. The van der Waals surface area contributed by atoms with Crippen LogP contribution in [-0.2, 0) is 6.42 Å². The Kier molecular flexibility index (Phi) is 6.19. The van der Waals surface area contributed by atoms with E-state index < -0.39 is 11.8 Å². The molecular weight excluding hydrogens is 404 g/mol. The van der Waals surface area contributed by atoms with Gasteiger partial charge in [0.2, 0.25) is 0 Å². The maximum atomic E-state index is 13.1. The van der Waals surface area contributed by atoms with Crippen LogP contribution < -0.4 is 21.6 Å². The lowest BCUT2D eigenvalue weighted by molar-refractivity contribution is 0.407. The normalized spacial score (nSPS) is 14.0. The lowest BCUT2D eigenvalue weighted by Gasteiger charge is -2.29. The monoisotopic (exact) mass is 427 g/mol. The summed E-state index contributed by atoms with van der Waals surface area (Å²) in [6.45, 7) is 3.39. The zero-order chi connectivity index (χ0) is 21.8. The van der Waals surface area contributed by atoms with Gasteiger partial charge in [-0.3, -0.25) is 0 Å². The average Bonchev–Trinajstić information content (AvgIpc) is 3.18. The van der Waals surface area contributed by atoms with Crippen molar-refractivity contribution in [2.24, 2.45) is 5.73 Å². The highest BCUT2D eigenvalue weighted by Crippen LogP contribution is 2.25. The molecular formula is C21H23F2N7O. The number of nitrogens with one attached hydrogen (secondary N) is 2. The SMILES string of the molecule is NCC(Cc1n[nH]c(=O)n1-c1cccc(-c2cccc(N3CCNCC3)c2)n1)=C(F)F. The molecule has 1 aliphatic heterocycles. The minimum absolute atomic E-state index is 0.123. The Hall–Kier alpha value is -3.37. The van der Waals surface area contributed by atoms with Crippen LogP contribution in [0.4, 0.5) is 14.5 Å². The number of benzene rings is 1. The highest BCUT2D eigenvalue weighted by molar-refractivity contribution is 5.66. The van der Waals surface area contributed by atoms with Crippen LogP contribution in [-0.4, -0.2) is 52.5 Å². The fourth-order valence-corrected chi connectivity index (χ4v) is 3.58. The maximum absolute atomic E-state index is 13.1. The van der Waals surface area contributed by atoms with E-state index in [0.29, 0.717) is 11.5 Å². The van der Waals surface area contributed by atoms with E-state index in [9.17, 15) is 13.6 Å². The van der Waals surface area contributed by atoms with Gasteiger partial charge in [-0.25, -0.2) is 19.4 Å². The van der Waals surface area contributed by atoms with Gasteiger partial charge in [0.15, 0.2) is 0 Å². The van der Waals surface area contributed by atoms with Crippen molar-refractivity contribution in [1.82, 2.24) is 25.1 Å². The minimum atomic E-state index is -1.86. The molecule has 0 amide bonds. The van der Waals surface area contributed by atoms with Crippen molar-refractivity contribution in [2.75, 3.05) is 37.6 Å². The molecule has 0 bridgehead atoms. The molecule has 2 aromatic heterocycles. The van der Waals surface area contributed by atoms with Gasteiger partial charge in [-0.15, -0.1) is 0 Å². The third-order valence-electron chi connectivity index (χ3n) is 5.21. The number of hydrogen-bond acceptors (Lipinski definition) is 6. The molecule has 1 saturated heterocycles. The summed E-state index contributed by atoms with van der Waals surface area (Å²) in [7, 11) is 0. The fourth-order valence-electron chi connectivity index (χ4n) is 3.58. The molecule has 8 nitrogen and oxygen atoms in total. The predicted molar refractivity (Wildman–Crippen MR) is 114 cm³/mol. The molecule has 0 radical (unpaired) electrons. The topological polar surface area (TPSA) is 105 Å². The smallest absolute Gasteiger partial charge is 0.349 e. The molecule has 1 fully saturated rings. The van der Waals surface area contributed by atoms with Gasteiger partial charge in [-0.1, -0.05) is 18.2 Å². The Labute approximate surface area is 177 Å². The number of piperazine rings is 1. The lowest BCUT2D eigenvalue weighted by atomic mass is 10.1. The second-order valence-corrected chi connectivity index (χ2v) is 7.19. The minimum Gasteiger partial charge on any atom is -0.369 e. The van der Waals surface area contributed by atoms with Gasteiger partial charge < -0.3 is 16.0 Å². The fraction of sp³-hybridized carbons (Fsp3) is 0.286. The Morgan fingerprint density at radius 1 is 1.13 bits per heavy atom. The summed E-state index contributed by atoms with van der Waals surface area (Å²) < 4.78 is 27.3. The maximum Gasteiger partial charge on any atom is 0.349 e. The van der Waals surface area contributed by atoms with Crippen LogP contribution in [0.2, 0.25) is 0 Å². The summed E-state index contributed by atoms with van der Waals surface area (Å²) in [6, 6.07) is 13.3. The van der Waals surface area contributed by atoms with Crippen LogP contribution in [0.5, 0.6) is 0 Å². The van der Waals surface area contributed by atoms with Gasteiger partial charge in [-0.2, -0.15) is 13.9 Å². The van der Waals surface area contributed by atoms with E-state index in [1.807, 2.05) is 18.2 Å². The first kappa shape index (κ1) is 20.9. The number of pyridine rings is 1. The van der Waals surface area contributed by atoms with Crippen molar-refractivity contribution in [2.45, 2.75) is 6.42 Å². The first-order valence-electron chi connectivity index (χ1n) is 9.99. The molecule has 1 aromatic carbocycles. The first-order valence-corrected chi connectivity index (χ1v) is 9.99. The molecule has 10 heteroatoms. The van der Waals surface area contributed by atoms with Crippen LogP contribution in [0.3, 0.4) is 0 Å². The van der Waals surface area contributed by atoms with Crippen molar-refractivity contribution in [3.8, 4) is 17.1 Å². The van der Waals surface area contributed by atoms with E-state index in [1.54, 1.807) is 12.1 Å². The van der Waals surface area contributed by atoms with Crippen molar-refractivity contribution in [1.29, 1.82) is 0 Å². The Morgan fingerprint density at radius 2 is 1.90 bits per heavy atom. The number of H-pyrrole nitrogens is 1. The van der Waals surface area contributed by atoms with Crippen LogP contribution in [0.25, 0.3) is 17.1 Å². The summed E-state index contributed by atoms with van der Waals surface area (Å²) in [5, 5.41) is 9.54. The zero-order valence-corrected chi connectivity index (χ0v) is 16.8. The summed E-state index contributed by atoms with van der Waals surface area (Å²) in [6.07, 6.45) is -2.11. The van der Waals surface area contributed by atoms with Gasteiger partial charge in [0.05, 0.1) is 5.69 Å². The zero-order valence-electron chi connectivity index (χ0n) is 16.8. The van der Waals surface area contributed by atoms with Gasteiger partial charge in [0, 0.05) is 56.0 Å². The van der Waals surface area contributed by atoms with Gasteiger partial charge in [0.25, 0.3) is 6.08 Å². The Balaban J connectivity index is 1.68. The number of rotatable bonds is 6. The molecule has 1 aliphatic rings. The average molecular weight is 427 g/mol. The van der Waals surface area contributed by atoms with Gasteiger partial charge in [0.1, 0.15) is 11.6 Å². The van der Waals surface area contributed by atoms with Crippen molar-refractivity contribution in [3.05, 3.63) is 70.4 Å². The molecule has 31 heavy (non-hydrogen) atoms. The summed E-state index contributed by atoms with van der Waals surface area (Å²) in [5.74, 6) is 0.423. The largest absolute Gasteiger partial charge is 0.369 e. The molecule has 0 saturated carbocycles. The Bertz CT molecular complexity index is 1140. The van der Waals surface area contributed by atoms with E-state index in [0.717, 1.165) is 37.4 Å². The number of aromatic amines is 1.